The van der Waals surface area contributed by atoms with Gasteiger partial charge in [0.2, 0.25) is 15.9 Å². The first kappa shape index (κ1) is 22.5. The highest BCUT2D eigenvalue weighted by molar-refractivity contribution is 7.89. The van der Waals surface area contributed by atoms with Gasteiger partial charge in [-0.15, -0.1) is 0 Å². The van der Waals surface area contributed by atoms with E-state index in [1.54, 1.807) is 16.4 Å². The van der Waals surface area contributed by atoms with Crippen molar-refractivity contribution in [2.45, 2.75) is 50.3 Å². The summed E-state index contributed by atoms with van der Waals surface area (Å²) in [5.74, 6) is -0.123. The largest absolute Gasteiger partial charge is 0.356 e. The average molecular weight is 456 g/mol. The van der Waals surface area contributed by atoms with E-state index < -0.39 is 10.0 Å². The van der Waals surface area contributed by atoms with Crippen molar-refractivity contribution in [2.24, 2.45) is 0 Å². The molecule has 1 aromatic heterocycles. The zero-order valence-electron chi connectivity index (χ0n) is 18.3. The van der Waals surface area contributed by atoms with Gasteiger partial charge in [-0.05, 0) is 56.0 Å². The maximum absolute atomic E-state index is 12.9. The van der Waals surface area contributed by atoms with Gasteiger partial charge in [-0.3, -0.25) is 4.79 Å². The molecule has 2 aromatic carbocycles. The van der Waals surface area contributed by atoms with Gasteiger partial charge >= 0.3 is 0 Å². The minimum atomic E-state index is -3.44. The highest BCUT2D eigenvalue weighted by atomic mass is 32.2. The molecule has 8 heteroatoms. The molecule has 1 saturated heterocycles. The Kier molecular flexibility index (Phi) is 6.91. The van der Waals surface area contributed by atoms with Gasteiger partial charge in [-0.1, -0.05) is 41.8 Å². The summed E-state index contributed by atoms with van der Waals surface area (Å²) in [5, 5.41) is 7.79. The molecule has 0 spiro atoms. The number of carbonyl (C=O) groups is 1. The van der Waals surface area contributed by atoms with E-state index in [1.807, 2.05) is 37.3 Å². The number of rotatable bonds is 7. The van der Waals surface area contributed by atoms with Crippen molar-refractivity contribution < 1.29 is 17.7 Å². The Bertz CT molecular complexity index is 1180. The lowest BCUT2D eigenvalue weighted by Crippen LogP contribution is -2.31. The average Bonchev–Trinajstić information content (AvgIpc) is 2.98. The molecule has 0 unspecified atom stereocenters. The Hall–Kier alpha value is -2.71. The molecule has 1 amide bonds. The number of benzene rings is 2. The predicted molar refractivity (Wildman–Crippen MR) is 123 cm³/mol. The first-order valence-electron chi connectivity index (χ1n) is 11.1. The normalized spacial score (nSPS) is 15.5. The van der Waals surface area contributed by atoms with Gasteiger partial charge in [0.05, 0.1) is 11.3 Å². The fourth-order valence-corrected chi connectivity index (χ4v) is 5.57. The van der Waals surface area contributed by atoms with Gasteiger partial charge in [0.15, 0.2) is 5.58 Å². The highest BCUT2D eigenvalue weighted by Crippen LogP contribution is 2.21. The van der Waals surface area contributed by atoms with Crippen molar-refractivity contribution in [3.63, 3.8) is 0 Å². The number of sulfonamides is 1. The molecular formula is C24H29N3O4S. The van der Waals surface area contributed by atoms with E-state index in [1.165, 1.54) is 0 Å². The van der Waals surface area contributed by atoms with E-state index in [0.717, 1.165) is 42.2 Å². The molecular weight excluding hydrogens is 426 g/mol. The molecule has 0 bridgehead atoms. The third kappa shape index (κ3) is 5.19. The van der Waals surface area contributed by atoms with Crippen molar-refractivity contribution >= 4 is 26.9 Å². The second-order valence-corrected chi connectivity index (χ2v) is 10.3. The Balaban J connectivity index is 1.30. The Morgan fingerprint density at radius 1 is 1.06 bits per heavy atom. The van der Waals surface area contributed by atoms with Crippen LogP contribution < -0.4 is 5.32 Å². The first-order valence-corrected chi connectivity index (χ1v) is 12.6. The molecule has 1 aliphatic heterocycles. The molecule has 3 aromatic rings. The van der Waals surface area contributed by atoms with Gasteiger partial charge < -0.3 is 9.84 Å². The smallest absolute Gasteiger partial charge is 0.243 e. The van der Waals surface area contributed by atoms with E-state index in [-0.39, 0.29) is 12.3 Å². The Morgan fingerprint density at radius 2 is 1.78 bits per heavy atom. The number of aryl methyl sites for hydroxylation is 1. The molecule has 32 heavy (non-hydrogen) atoms. The molecule has 1 aliphatic rings. The van der Waals surface area contributed by atoms with Crippen LogP contribution in [0.3, 0.4) is 0 Å². The fraction of sp³-hybridized carbons (Fsp3) is 0.417. The lowest BCUT2D eigenvalue weighted by atomic mass is 10.1. The first-order chi connectivity index (χ1) is 15.4. The molecule has 2 heterocycles. The molecule has 0 aliphatic carbocycles. The summed E-state index contributed by atoms with van der Waals surface area (Å²) in [6.45, 7) is 3.64. The van der Waals surface area contributed by atoms with E-state index in [2.05, 4.69) is 10.5 Å². The van der Waals surface area contributed by atoms with Crippen molar-refractivity contribution in [3.05, 3.63) is 59.3 Å². The van der Waals surface area contributed by atoms with E-state index in [0.29, 0.717) is 42.2 Å². The molecule has 4 rings (SSSR count). The zero-order valence-corrected chi connectivity index (χ0v) is 19.2. The standard InChI is InChI=1S/C24H29N3O4S/c1-18-6-11-23-21(16-18)22(26-31-23)17-24(28)25-13-12-19-7-9-20(10-8-19)32(29,30)27-14-4-2-3-5-15-27/h6-11,16H,2-5,12-15,17H2,1H3,(H,25,28). The minimum absolute atomic E-state index is 0.123. The van der Waals surface area contributed by atoms with Crippen molar-refractivity contribution in [2.75, 3.05) is 19.6 Å². The van der Waals surface area contributed by atoms with Crippen molar-refractivity contribution in [3.8, 4) is 0 Å². The quantitative estimate of drug-likeness (QED) is 0.588. The van der Waals surface area contributed by atoms with Crippen LogP contribution in [0.4, 0.5) is 0 Å². The topological polar surface area (TPSA) is 92.5 Å². The molecule has 0 radical (unpaired) electrons. The minimum Gasteiger partial charge on any atom is -0.356 e. The van der Waals surface area contributed by atoms with Crippen LogP contribution in [0.25, 0.3) is 11.0 Å². The second kappa shape index (κ2) is 9.83. The lowest BCUT2D eigenvalue weighted by Gasteiger charge is -2.20. The van der Waals surface area contributed by atoms with Gasteiger partial charge in [0.1, 0.15) is 5.69 Å². The summed E-state index contributed by atoms with van der Waals surface area (Å²) < 4.78 is 32.6. The van der Waals surface area contributed by atoms with Crippen LogP contribution in [-0.2, 0) is 27.7 Å². The second-order valence-electron chi connectivity index (χ2n) is 8.37. The van der Waals surface area contributed by atoms with Gasteiger partial charge in [-0.25, -0.2) is 8.42 Å². The van der Waals surface area contributed by atoms with Crippen LogP contribution in [0.1, 0.15) is 42.5 Å². The summed E-state index contributed by atoms with van der Waals surface area (Å²) in [6.07, 6.45) is 4.78. The van der Waals surface area contributed by atoms with Crippen LogP contribution in [0.15, 0.2) is 51.9 Å². The van der Waals surface area contributed by atoms with E-state index in [4.69, 9.17) is 4.52 Å². The number of hydrogen-bond acceptors (Lipinski definition) is 5. The fourth-order valence-electron chi connectivity index (χ4n) is 4.05. The highest BCUT2D eigenvalue weighted by Gasteiger charge is 2.24. The third-order valence-corrected chi connectivity index (χ3v) is 7.80. The van der Waals surface area contributed by atoms with Crippen molar-refractivity contribution in [1.29, 1.82) is 0 Å². The number of carbonyl (C=O) groups excluding carboxylic acids is 1. The SMILES string of the molecule is Cc1ccc2onc(CC(=O)NCCc3ccc(S(=O)(=O)N4CCCCCC4)cc3)c2c1. The van der Waals surface area contributed by atoms with Crippen molar-refractivity contribution in [1.82, 2.24) is 14.8 Å². The summed E-state index contributed by atoms with van der Waals surface area (Å²) >= 11 is 0. The summed E-state index contributed by atoms with van der Waals surface area (Å²) in [7, 11) is -3.44. The summed E-state index contributed by atoms with van der Waals surface area (Å²) in [4.78, 5) is 12.7. The molecule has 170 valence electrons. The van der Waals surface area contributed by atoms with Gasteiger partial charge in [0, 0.05) is 25.0 Å². The predicted octanol–water partition coefficient (Wildman–Crippen LogP) is 3.60. The number of aromatic nitrogens is 1. The maximum Gasteiger partial charge on any atom is 0.243 e. The molecule has 1 N–H and O–H groups in total. The molecule has 0 saturated carbocycles. The monoisotopic (exact) mass is 455 g/mol. The Labute approximate surface area is 188 Å². The van der Waals surface area contributed by atoms with Crippen LogP contribution in [-0.4, -0.2) is 43.4 Å². The van der Waals surface area contributed by atoms with Crippen LogP contribution in [0.5, 0.6) is 0 Å². The van der Waals surface area contributed by atoms with Crippen LogP contribution in [0, 0.1) is 6.92 Å². The van der Waals surface area contributed by atoms with Gasteiger partial charge in [-0.2, -0.15) is 4.31 Å². The molecule has 0 atom stereocenters. The number of nitrogens with zero attached hydrogens (tertiary/aromatic N) is 2. The summed E-state index contributed by atoms with van der Waals surface area (Å²) in [6, 6.07) is 12.8. The van der Waals surface area contributed by atoms with Crippen LogP contribution >= 0.6 is 0 Å². The Morgan fingerprint density at radius 3 is 2.50 bits per heavy atom. The third-order valence-electron chi connectivity index (χ3n) is 5.89. The molecule has 7 nitrogen and oxygen atoms in total. The number of fused-ring (bicyclic) bond motifs is 1. The summed E-state index contributed by atoms with van der Waals surface area (Å²) in [5.41, 5.74) is 3.36. The van der Waals surface area contributed by atoms with E-state index in [9.17, 15) is 13.2 Å². The number of nitrogens with one attached hydrogen (secondary N) is 1. The number of amides is 1. The maximum atomic E-state index is 12.9. The zero-order chi connectivity index (χ0) is 22.6. The van der Waals surface area contributed by atoms with Gasteiger partial charge in [0.25, 0.3) is 0 Å². The van der Waals surface area contributed by atoms with E-state index >= 15 is 0 Å². The van der Waals surface area contributed by atoms with Crippen LogP contribution in [0.2, 0.25) is 0 Å². The lowest BCUT2D eigenvalue weighted by molar-refractivity contribution is -0.120. The molecule has 1 fully saturated rings. The number of hydrogen-bond donors (Lipinski definition) is 1.